The number of hydrogen-bond acceptors (Lipinski definition) is 0. The molecule has 1 heteroatoms. The number of aryl methyl sites for hydroxylation is 3. The lowest BCUT2D eigenvalue weighted by molar-refractivity contribution is -0.659. The highest BCUT2D eigenvalue weighted by Gasteiger charge is 2.19. The van der Waals surface area contributed by atoms with E-state index < -0.39 is 0 Å². The summed E-state index contributed by atoms with van der Waals surface area (Å²) in [7, 11) is 1.90. The second kappa shape index (κ2) is 5.70. The van der Waals surface area contributed by atoms with Crippen molar-refractivity contribution in [2.45, 2.75) is 27.7 Å². The van der Waals surface area contributed by atoms with Crippen molar-refractivity contribution in [3.8, 4) is 11.3 Å². The van der Waals surface area contributed by atoms with Gasteiger partial charge in [-0.05, 0) is 67.3 Å². The number of pyridine rings is 1. The Labute approximate surface area is 152 Å². The number of benzene rings is 3. The first kappa shape index (κ1) is 13.6. The van der Waals surface area contributed by atoms with Gasteiger partial charge in [-0.1, -0.05) is 35.9 Å². The molecule has 1 aromatic heterocycles. The normalized spacial score (nSPS) is 12.5. The molecular weight excluding hydrogens is 302 g/mol. The minimum absolute atomic E-state index is 0.241. The van der Waals surface area contributed by atoms with Crippen LogP contribution in [-0.2, 0) is 7.05 Å². The summed E-state index contributed by atoms with van der Waals surface area (Å²) < 4.78 is 19.1. The first-order valence-electron chi connectivity index (χ1n) is 9.70. The zero-order valence-corrected chi connectivity index (χ0v) is 15.5. The van der Waals surface area contributed by atoms with Crippen molar-refractivity contribution in [2.75, 3.05) is 0 Å². The molecule has 0 aliphatic carbocycles. The van der Waals surface area contributed by atoms with Gasteiger partial charge >= 0.3 is 0 Å². The quantitative estimate of drug-likeness (QED) is 0.311. The minimum Gasteiger partial charge on any atom is -0.200 e. The van der Waals surface area contributed by atoms with Crippen LogP contribution in [-0.4, -0.2) is 0 Å². The molecule has 0 atom stereocenters. The van der Waals surface area contributed by atoms with Crippen molar-refractivity contribution >= 4 is 21.5 Å². The molecule has 124 valence electrons. The van der Waals surface area contributed by atoms with Crippen LogP contribution in [0.1, 0.15) is 25.0 Å². The van der Waals surface area contributed by atoms with E-state index in [0.29, 0.717) is 0 Å². The molecule has 0 unspecified atom stereocenters. The van der Waals surface area contributed by atoms with Crippen molar-refractivity contribution in [3.63, 3.8) is 0 Å². The van der Waals surface area contributed by atoms with E-state index in [-0.39, 0.29) is 12.2 Å². The highest BCUT2D eigenvalue weighted by molar-refractivity contribution is 6.11. The summed E-state index contributed by atoms with van der Waals surface area (Å²) in [5.41, 5.74) is 7.02. The second-order valence-corrected chi connectivity index (χ2v) is 7.06. The monoisotopic (exact) mass is 328 g/mol. The highest BCUT2D eigenvalue weighted by atomic mass is 14.9. The molecule has 0 aliphatic rings. The fourth-order valence-corrected chi connectivity index (χ4v) is 3.83. The number of rotatable bonds is 1. The Bertz CT molecular complexity index is 1240. The third-order valence-corrected chi connectivity index (χ3v) is 5.29. The molecule has 0 spiro atoms. The Morgan fingerprint density at radius 2 is 1.56 bits per heavy atom. The van der Waals surface area contributed by atoms with Gasteiger partial charge < -0.3 is 0 Å². The predicted molar refractivity (Wildman–Crippen MR) is 107 cm³/mol. The van der Waals surface area contributed by atoms with Crippen LogP contribution in [0.15, 0.2) is 54.7 Å². The third-order valence-electron chi connectivity index (χ3n) is 5.29. The Morgan fingerprint density at radius 1 is 0.800 bits per heavy atom. The van der Waals surface area contributed by atoms with Crippen molar-refractivity contribution in [3.05, 3.63) is 76.9 Å². The van der Waals surface area contributed by atoms with Crippen LogP contribution in [0.4, 0.5) is 0 Å². The lowest BCUT2D eigenvalue weighted by atomic mass is 9.92. The van der Waals surface area contributed by atoms with Crippen LogP contribution in [0, 0.1) is 27.7 Å². The summed E-state index contributed by atoms with van der Waals surface area (Å²) in [6.45, 7) is 8.47. The van der Waals surface area contributed by atoms with Gasteiger partial charge in [0.05, 0.1) is 12.3 Å². The van der Waals surface area contributed by atoms with E-state index in [1.807, 2.05) is 17.7 Å². The molecule has 25 heavy (non-hydrogen) atoms. The highest BCUT2D eigenvalue weighted by Crippen LogP contribution is 2.34. The van der Waals surface area contributed by atoms with E-state index in [4.69, 9.17) is 2.74 Å². The smallest absolute Gasteiger partial charge is 0.200 e. The molecule has 4 aromatic rings. The topological polar surface area (TPSA) is 3.88 Å². The number of aromatic nitrogens is 1. The fraction of sp³-hybridized carbons (Fsp3) is 0.208. The Hall–Kier alpha value is -2.67. The van der Waals surface area contributed by atoms with Crippen LogP contribution in [0.3, 0.4) is 0 Å². The standard InChI is InChI=1S/C24H24N/c1-15-13-17(3)18(4)23(14-15)24-22-10-9-19-16(2)7-6-8-20(19)21(22)11-12-25(24)5/h6-14H,1-5H3/q+1/i11D,12D. The van der Waals surface area contributed by atoms with Gasteiger partial charge in [0.1, 0.15) is 8.42 Å². The molecule has 4 rings (SSSR count). The zero-order chi connectivity index (χ0) is 19.5. The SMILES string of the molecule is [2H]c1c([2H])[n+](C)c(-c2cc(C)cc(C)c2C)c2ccc3c(C)cccc3c12. The summed E-state index contributed by atoms with van der Waals surface area (Å²) in [6.07, 6.45) is 0.241. The molecule has 0 bridgehead atoms. The molecule has 0 radical (unpaired) electrons. The predicted octanol–water partition coefficient (Wildman–Crippen LogP) is 5.72. The van der Waals surface area contributed by atoms with E-state index >= 15 is 0 Å². The first-order valence-corrected chi connectivity index (χ1v) is 8.70. The van der Waals surface area contributed by atoms with Gasteiger partial charge in [-0.3, -0.25) is 0 Å². The molecule has 0 fully saturated rings. The molecule has 1 nitrogen and oxygen atoms in total. The number of nitrogens with zero attached hydrogens (tertiary/aromatic N) is 1. The molecule has 0 N–H and O–H groups in total. The zero-order valence-electron chi connectivity index (χ0n) is 17.5. The molecule has 0 saturated heterocycles. The van der Waals surface area contributed by atoms with E-state index in [0.717, 1.165) is 32.8 Å². The van der Waals surface area contributed by atoms with Crippen molar-refractivity contribution in [2.24, 2.45) is 7.05 Å². The maximum absolute atomic E-state index is 8.67. The first-order chi connectivity index (χ1) is 12.8. The van der Waals surface area contributed by atoms with Gasteiger partial charge in [0.15, 0.2) is 6.17 Å². The average Bonchev–Trinajstić information content (AvgIpc) is 2.63. The van der Waals surface area contributed by atoms with Crippen LogP contribution in [0.5, 0.6) is 0 Å². The van der Waals surface area contributed by atoms with Gasteiger partial charge in [0, 0.05) is 11.4 Å². The van der Waals surface area contributed by atoms with E-state index in [1.165, 1.54) is 22.3 Å². The minimum atomic E-state index is 0.241. The molecule has 0 saturated carbocycles. The summed E-state index contributed by atoms with van der Waals surface area (Å²) in [5, 5.41) is 4.10. The van der Waals surface area contributed by atoms with Crippen LogP contribution >= 0.6 is 0 Å². The van der Waals surface area contributed by atoms with E-state index in [9.17, 15) is 0 Å². The lowest BCUT2D eigenvalue weighted by Gasteiger charge is -2.13. The maximum Gasteiger partial charge on any atom is 0.220 e. The number of fused-ring (bicyclic) bond motifs is 3. The summed E-state index contributed by atoms with van der Waals surface area (Å²) in [5.74, 6) is 0. The summed E-state index contributed by atoms with van der Waals surface area (Å²) >= 11 is 0. The van der Waals surface area contributed by atoms with Crippen LogP contribution in [0.25, 0.3) is 32.8 Å². The van der Waals surface area contributed by atoms with Crippen molar-refractivity contribution in [1.29, 1.82) is 0 Å². The van der Waals surface area contributed by atoms with Gasteiger partial charge in [-0.2, -0.15) is 0 Å². The van der Waals surface area contributed by atoms with Crippen LogP contribution in [0.2, 0.25) is 0 Å². The Morgan fingerprint density at radius 3 is 2.36 bits per heavy atom. The van der Waals surface area contributed by atoms with Gasteiger partial charge in [-0.25, -0.2) is 4.57 Å². The van der Waals surface area contributed by atoms with E-state index in [1.54, 1.807) is 0 Å². The molecule has 1 heterocycles. The van der Waals surface area contributed by atoms with Gasteiger partial charge in [0.2, 0.25) is 5.69 Å². The Balaban J connectivity index is 2.27. The molecule has 3 aromatic carbocycles. The van der Waals surface area contributed by atoms with Crippen LogP contribution < -0.4 is 4.57 Å². The fourth-order valence-electron chi connectivity index (χ4n) is 3.83. The summed E-state index contributed by atoms with van der Waals surface area (Å²) in [4.78, 5) is 0. The molecule has 0 amide bonds. The number of hydrogen-bond donors (Lipinski definition) is 0. The second-order valence-electron chi connectivity index (χ2n) is 7.06. The van der Waals surface area contributed by atoms with E-state index in [2.05, 4.69) is 64.1 Å². The maximum atomic E-state index is 8.67. The Kier molecular flexibility index (Phi) is 3.10. The van der Waals surface area contributed by atoms with Gasteiger partial charge in [-0.15, -0.1) is 0 Å². The molecule has 0 aliphatic heterocycles. The lowest BCUT2D eigenvalue weighted by Crippen LogP contribution is -2.30. The largest absolute Gasteiger partial charge is 0.220 e. The van der Waals surface area contributed by atoms with Crippen molar-refractivity contribution in [1.82, 2.24) is 0 Å². The third kappa shape index (κ3) is 2.42. The summed E-state index contributed by atoms with van der Waals surface area (Å²) in [6, 6.07) is 15.1. The average molecular weight is 328 g/mol. The van der Waals surface area contributed by atoms with Crippen molar-refractivity contribution < 1.29 is 7.31 Å². The van der Waals surface area contributed by atoms with Gasteiger partial charge in [0.25, 0.3) is 0 Å². The molecular formula is C24H24N+.